The first kappa shape index (κ1) is 27.3. The number of unbranched alkanes of at least 4 members (excludes halogenated alkanes) is 11. The monoisotopic (exact) mass is 384 g/mol. The van der Waals surface area contributed by atoms with E-state index in [0.29, 0.717) is 6.42 Å². The second-order valence-electron chi connectivity index (χ2n) is 6.20. The van der Waals surface area contributed by atoms with Crippen LogP contribution in [0.2, 0.25) is 0 Å². The molecule has 0 aromatic heterocycles. The van der Waals surface area contributed by atoms with Gasteiger partial charge in [0.1, 0.15) is 0 Å². The molecule has 0 radical (unpaired) electrons. The van der Waals surface area contributed by atoms with Gasteiger partial charge in [0.2, 0.25) is 0 Å². The van der Waals surface area contributed by atoms with Crippen molar-refractivity contribution < 1.29 is 51.5 Å². The van der Waals surface area contributed by atoms with Crippen molar-refractivity contribution in [1.29, 1.82) is 0 Å². The largest absolute Gasteiger partial charge is 1.00 e. The summed E-state index contributed by atoms with van der Waals surface area (Å²) >= 11 is 0. The standard InChI is InChI=1S/C18H34O5S.Na/c1-2-3-4-5-6-7-8-9-10-11-12-13-14-15-16-17-18(19)23-24(20,21)22;/h9-10H,2-8,11-17H2,1H3,(H,20,21,22);/q;+1/p-1. The Morgan fingerprint density at radius 3 is 1.76 bits per heavy atom. The van der Waals surface area contributed by atoms with Crippen LogP contribution in [0.1, 0.15) is 96.8 Å². The maximum atomic E-state index is 11.0. The number of allylic oxidation sites excluding steroid dienone is 2. The van der Waals surface area contributed by atoms with E-state index in [-0.39, 0.29) is 36.0 Å². The molecule has 0 fully saturated rings. The molecule has 0 heterocycles. The predicted molar refractivity (Wildman–Crippen MR) is 95.2 cm³/mol. The summed E-state index contributed by atoms with van der Waals surface area (Å²) in [6.45, 7) is 2.23. The third-order valence-electron chi connectivity index (χ3n) is 3.84. The summed E-state index contributed by atoms with van der Waals surface area (Å²) in [5, 5.41) is 0. The first-order valence-corrected chi connectivity index (χ1v) is 10.6. The molecule has 25 heavy (non-hydrogen) atoms. The van der Waals surface area contributed by atoms with E-state index < -0.39 is 16.4 Å². The molecule has 5 nitrogen and oxygen atoms in total. The third-order valence-corrected chi connectivity index (χ3v) is 4.23. The van der Waals surface area contributed by atoms with Crippen molar-refractivity contribution >= 4 is 16.4 Å². The summed E-state index contributed by atoms with van der Waals surface area (Å²) in [5.41, 5.74) is 0. The van der Waals surface area contributed by atoms with Crippen molar-refractivity contribution in [3.05, 3.63) is 12.2 Å². The van der Waals surface area contributed by atoms with E-state index in [0.717, 1.165) is 32.1 Å². The second kappa shape index (κ2) is 18.9. The Morgan fingerprint density at radius 1 is 0.840 bits per heavy atom. The number of carbonyl (C=O) groups excluding carboxylic acids is 1. The molecule has 0 rings (SSSR count). The molecular formula is C18H33NaO5S. The fourth-order valence-corrected chi connectivity index (χ4v) is 2.81. The van der Waals surface area contributed by atoms with Crippen molar-refractivity contribution in [2.75, 3.05) is 0 Å². The molecular weight excluding hydrogens is 351 g/mol. The van der Waals surface area contributed by atoms with Gasteiger partial charge in [0.05, 0.1) is 0 Å². The summed E-state index contributed by atoms with van der Waals surface area (Å²) in [4.78, 5) is 11.0. The minimum absolute atomic E-state index is 0. The van der Waals surface area contributed by atoms with Gasteiger partial charge in [0, 0.05) is 6.42 Å². The van der Waals surface area contributed by atoms with Gasteiger partial charge in [-0.2, -0.15) is 0 Å². The van der Waals surface area contributed by atoms with Crippen LogP contribution in [0.3, 0.4) is 0 Å². The molecule has 0 aliphatic carbocycles. The van der Waals surface area contributed by atoms with Crippen molar-refractivity contribution in [3.63, 3.8) is 0 Å². The van der Waals surface area contributed by atoms with Gasteiger partial charge >= 0.3 is 35.5 Å². The first-order valence-electron chi connectivity index (χ1n) is 9.29. The minimum atomic E-state index is -4.90. The zero-order valence-electron chi connectivity index (χ0n) is 16.0. The minimum Gasteiger partial charge on any atom is -0.716 e. The van der Waals surface area contributed by atoms with Crippen LogP contribution in [-0.4, -0.2) is 18.9 Å². The molecule has 0 N–H and O–H groups in total. The van der Waals surface area contributed by atoms with E-state index in [1.165, 1.54) is 44.9 Å². The zero-order chi connectivity index (χ0) is 18.1. The van der Waals surface area contributed by atoms with Crippen molar-refractivity contribution in [2.45, 2.75) is 96.8 Å². The summed E-state index contributed by atoms with van der Waals surface area (Å²) in [7, 11) is -4.90. The van der Waals surface area contributed by atoms with Crippen molar-refractivity contribution in [2.24, 2.45) is 0 Å². The summed E-state index contributed by atoms with van der Waals surface area (Å²) < 4.78 is 34.3. The fraction of sp³-hybridized carbons (Fsp3) is 0.833. The number of hydrogen-bond donors (Lipinski definition) is 0. The van der Waals surface area contributed by atoms with E-state index >= 15 is 0 Å². The van der Waals surface area contributed by atoms with Crippen molar-refractivity contribution in [1.82, 2.24) is 0 Å². The Kier molecular flexibility index (Phi) is 20.7. The SMILES string of the molecule is CCCCCCCCC=CCCCCCCCC(=O)OS(=O)(=O)[O-].[Na+]. The van der Waals surface area contributed by atoms with Crippen LogP contribution in [0.5, 0.6) is 0 Å². The molecule has 0 aliphatic heterocycles. The molecule has 0 saturated heterocycles. The van der Waals surface area contributed by atoms with Crippen LogP contribution in [0.15, 0.2) is 12.2 Å². The van der Waals surface area contributed by atoms with Gasteiger partial charge < -0.3 is 8.74 Å². The van der Waals surface area contributed by atoms with E-state index in [9.17, 15) is 17.8 Å². The van der Waals surface area contributed by atoms with Crippen LogP contribution in [-0.2, 0) is 19.4 Å². The van der Waals surface area contributed by atoms with Gasteiger partial charge in [-0.3, -0.25) is 4.79 Å². The van der Waals surface area contributed by atoms with Gasteiger partial charge in [-0.25, -0.2) is 8.42 Å². The van der Waals surface area contributed by atoms with Crippen LogP contribution in [0, 0.1) is 0 Å². The number of hydrogen-bond acceptors (Lipinski definition) is 5. The van der Waals surface area contributed by atoms with Crippen molar-refractivity contribution in [3.8, 4) is 0 Å². The molecule has 0 atom stereocenters. The molecule has 0 unspecified atom stereocenters. The molecule has 7 heteroatoms. The van der Waals surface area contributed by atoms with Crippen LogP contribution in [0.4, 0.5) is 0 Å². The average molecular weight is 385 g/mol. The molecule has 142 valence electrons. The molecule has 0 spiro atoms. The van der Waals surface area contributed by atoms with Crippen LogP contribution < -0.4 is 29.6 Å². The normalized spacial score (nSPS) is 11.4. The Hall–Kier alpha value is 0.120. The van der Waals surface area contributed by atoms with Crippen LogP contribution >= 0.6 is 0 Å². The number of rotatable bonds is 16. The van der Waals surface area contributed by atoms with Gasteiger partial charge in [-0.1, -0.05) is 70.4 Å². The predicted octanol–water partition coefficient (Wildman–Crippen LogP) is 2.03. The molecule has 0 aromatic rings. The molecule has 0 saturated carbocycles. The average Bonchev–Trinajstić information content (AvgIpc) is 2.49. The molecule has 0 bridgehead atoms. The van der Waals surface area contributed by atoms with Gasteiger partial charge in [0.15, 0.2) is 0 Å². The maximum Gasteiger partial charge on any atom is 1.00 e. The Balaban J connectivity index is 0. The summed E-state index contributed by atoms with van der Waals surface area (Å²) in [6, 6.07) is 0. The van der Waals surface area contributed by atoms with E-state index in [1.54, 1.807) is 0 Å². The smallest absolute Gasteiger partial charge is 0.716 e. The fourth-order valence-electron chi connectivity index (χ4n) is 2.50. The molecule has 0 amide bonds. The van der Waals surface area contributed by atoms with Crippen LogP contribution in [0.25, 0.3) is 0 Å². The maximum absolute atomic E-state index is 11.0. The Morgan fingerprint density at radius 2 is 1.28 bits per heavy atom. The summed E-state index contributed by atoms with van der Waals surface area (Å²) in [5.74, 6) is -0.956. The Labute approximate surface area is 176 Å². The van der Waals surface area contributed by atoms with E-state index in [4.69, 9.17) is 0 Å². The molecule has 0 aliphatic rings. The topological polar surface area (TPSA) is 83.5 Å². The van der Waals surface area contributed by atoms with E-state index in [1.807, 2.05) is 0 Å². The third kappa shape index (κ3) is 24.1. The van der Waals surface area contributed by atoms with E-state index in [2.05, 4.69) is 23.3 Å². The quantitative estimate of drug-likeness (QED) is 0.134. The molecule has 0 aromatic carbocycles. The summed E-state index contributed by atoms with van der Waals surface area (Å²) in [6.07, 6.45) is 19.4. The first-order chi connectivity index (χ1) is 11.5. The second-order valence-corrected chi connectivity index (χ2v) is 7.18. The number of carbonyl (C=O) groups is 1. The van der Waals surface area contributed by atoms with Gasteiger partial charge in [0.25, 0.3) is 10.4 Å². The van der Waals surface area contributed by atoms with Gasteiger partial charge in [-0.05, 0) is 32.1 Å². The van der Waals surface area contributed by atoms with Gasteiger partial charge in [-0.15, -0.1) is 0 Å². The zero-order valence-corrected chi connectivity index (χ0v) is 18.8. The Bertz CT molecular complexity index is 435.